The lowest BCUT2D eigenvalue weighted by molar-refractivity contribution is 0.465. The Kier molecular flexibility index (Phi) is 6.72. The highest BCUT2D eigenvalue weighted by molar-refractivity contribution is 7.09. The van der Waals surface area contributed by atoms with Gasteiger partial charge in [0.25, 0.3) is 0 Å². The molecular formula is C13H24N4S. The van der Waals surface area contributed by atoms with Gasteiger partial charge in [-0.3, -0.25) is 0 Å². The predicted molar refractivity (Wildman–Crippen MR) is 79.2 cm³/mol. The number of nitrogens with zero attached hydrogens (tertiary/aromatic N) is 3. The van der Waals surface area contributed by atoms with Crippen molar-refractivity contribution in [2.24, 2.45) is 4.99 Å². The second-order valence-electron chi connectivity index (χ2n) is 4.31. The number of unbranched alkanes of at least 4 members (excludes halogenated alkanes) is 1. The van der Waals surface area contributed by atoms with Crippen LogP contribution in [0.25, 0.3) is 0 Å². The minimum absolute atomic E-state index is 0.718. The van der Waals surface area contributed by atoms with Crippen LogP contribution in [0.2, 0.25) is 0 Å². The number of guanidine groups is 1. The zero-order chi connectivity index (χ0) is 13.4. The van der Waals surface area contributed by atoms with E-state index in [0.29, 0.717) is 0 Å². The summed E-state index contributed by atoms with van der Waals surface area (Å²) in [6.45, 7) is 9.01. The fraction of sp³-hybridized carbons (Fsp3) is 0.692. The Morgan fingerprint density at radius 2 is 2.28 bits per heavy atom. The fourth-order valence-electron chi connectivity index (χ4n) is 1.60. The molecule has 1 aromatic heterocycles. The average Bonchev–Trinajstić information content (AvgIpc) is 2.77. The van der Waals surface area contributed by atoms with E-state index in [4.69, 9.17) is 0 Å². The number of thiazole rings is 1. The standard InChI is InChI=1S/C13H24N4S/c1-5-7-8-17(4)13(14-6-2)15-9-12-11(3)16-10-18-12/h10H,5-9H2,1-4H3,(H,14,15). The number of hydrogen-bond acceptors (Lipinski definition) is 3. The van der Waals surface area contributed by atoms with Crippen LogP contribution in [0.15, 0.2) is 10.5 Å². The third-order valence-electron chi connectivity index (χ3n) is 2.76. The molecule has 4 nitrogen and oxygen atoms in total. The molecule has 1 rings (SSSR count). The largest absolute Gasteiger partial charge is 0.357 e. The summed E-state index contributed by atoms with van der Waals surface area (Å²) in [7, 11) is 2.09. The number of aryl methyl sites for hydroxylation is 1. The zero-order valence-electron chi connectivity index (χ0n) is 11.9. The van der Waals surface area contributed by atoms with Gasteiger partial charge in [0.1, 0.15) is 0 Å². The van der Waals surface area contributed by atoms with Crippen molar-refractivity contribution in [2.45, 2.75) is 40.2 Å². The van der Waals surface area contributed by atoms with Gasteiger partial charge in [0, 0.05) is 25.0 Å². The summed E-state index contributed by atoms with van der Waals surface area (Å²) in [5.74, 6) is 0.985. The van der Waals surface area contributed by atoms with E-state index < -0.39 is 0 Å². The molecule has 0 aliphatic carbocycles. The summed E-state index contributed by atoms with van der Waals surface area (Å²) in [5, 5.41) is 3.33. The molecule has 0 amide bonds. The minimum Gasteiger partial charge on any atom is -0.357 e. The first kappa shape index (κ1) is 15.0. The van der Waals surface area contributed by atoms with Crippen LogP contribution >= 0.6 is 11.3 Å². The highest BCUT2D eigenvalue weighted by Crippen LogP contribution is 2.13. The molecule has 1 heterocycles. The van der Waals surface area contributed by atoms with Crippen LogP contribution in [0.1, 0.15) is 37.3 Å². The molecule has 1 N–H and O–H groups in total. The van der Waals surface area contributed by atoms with Crippen LogP contribution in [-0.2, 0) is 6.54 Å². The highest BCUT2D eigenvalue weighted by Gasteiger charge is 2.06. The Morgan fingerprint density at radius 1 is 1.50 bits per heavy atom. The van der Waals surface area contributed by atoms with Gasteiger partial charge in [0.15, 0.2) is 5.96 Å². The molecule has 18 heavy (non-hydrogen) atoms. The van der Waals surface area contributed by atoms with Crippen molar-refractivity contribution >= 4 is 17.3 Å². The maximum Gasteiger partial charge on any atom is 0.194 e. The van der Waals surface area contributed by atoms with Crippen molar-refractivity contribution in [1.29, 1.82) is 0 Å². The quantitative estimate of drug-likeness (QED) is 0.637. The Balaban J connectivity index is 2.62. The summed E-state index contributed by atoms with van der Waals surface area (Å²) in [4.78, 5) is 12.4. The van der Waals surface area contributed by atoms with E-state index in [2.05, 4.69) is 41.1 Å². The van der Waals surface area contributed by atoms with E-state index in [1.54, 1.807) is 11.3 Å². The Hall–Kier alpha value is -1.10. The van der Waals surface area contributed by atoms with E-state index >= 15 is 0 Å². The first-order chi connectivity index (χ1) is 8.69. The van der Waals surface area contributed by atoms with Gasteiger partial charge in [0.05, 0.1) is 17.7 Å². The highest BCUT2D eigenvalue weighted by atomic mass is 32.1. The number of aliphatic imine (C=N–C) groups is 1. The molecule has 0 unspecified atom stereocenters. The van der Waals surface area contributed by atoms with Crippen LogP contribution in [0.3, 0.4) is 0 Å². The molecule has 0 radical (unpaired) electrons. The second-order valence-corrected chi connectivity index (χ2v) is 5.25. The van der Waals surface area contributed by atoms with Crippen LogP contribution in [0.4, 0.5) is 0 Å². The summed E-state index contributed by atoms with van der Waals surface area (Å²) >= 11 is 1.67. The van der Waals surface area contributed by atoms with Crippen LogP contribution < -0.4 is 5.32 Å². The van der Waals surface area contributed by atoms with Gasteiger partial charge < -0.3 is 10.2 Å². The van der Waals surface area contributed by atoms with Crippen LogP contribution in [-0.4, -0.2) is 36.0 Å². The lowest BCUT2D eigenvalue weighted by atomic mass is 10.3. The molecule has 0 atom stereocenters. The van der Waals surface area contributed by atoms with Crippen molar-refractivity contribution in [2.75, 3.05) is 20.1 Å². The van der Waals surface area contributed by atoms with Gasteiger partial charge in [-0.25, -0.2) is 9.98 Å². The molecule has 0 aliphatic rings. The summed E-state index contributed by atoms with van der Waals surface area (Å²) in [6.07, 6.45) is 2.40. The molecule has 102 valence electrons. The summed E-state index contributed by atoms with van der Waals surface area (Å²) in [6, 6.07) is 0. The van der Waals surface area contributed by atoms with Crippen molar-refractivity contribution in [1.82, 2.24) is 15.2 Å². The van der Waals surface area contributed by atoms with E-state index in [9.17, 15) is 0 Å². The maximum atomic E-state index is 4.67. The Morgan fingerprint density at radius 3 is 2.83 bits per heavy atom. The smallest absolute Gasteiger partial charge is 0.194 e. The van der Waals surface area contributed by atoms with Crippen molar-refractivity contribution in [3.63, 3.8) is 0 Å². The third-order valence-corrected chi connectivity index (χ3v) is 3.68. The Bertz CT molecular complexity index is 373. The SMILES string of the molecule is CCCCN(C)C(=NCc1scnc1C)NCC. The number of nitrogens with one attached hydrogen (secondary N) is 1. The fourth-order valence-corrected chi connectivity index (χ4v) is 2.30. The number of rotatable bonds is 6. The minimum atomic E-state index is 0.718. The lowest BCUT2D eigenvalue weighted by Crippen LogP contribution is -2.39. The molecule has 0 bridgehead atoms. The number of hydrogen-bond donors (Lipinski definition) is 1. The second kappa shape index (κ2) is 8.08. The molecule has 5 heteroatoms. The topological polar surface area (TPSA) is 40.5 Å². The van der Waals surface area contributed by atoms with Crippen LogP contribution in [0, 0.1) is 6.92 Å². The summed E-state index contributed by atoms with van der Waals surface area (Å²) in [5.41, 5.74) is 2.98. The summed E-state index contributed by atoms with van der Waals surface area (Å²) < 4.78 is 0. The molecule has 0 saturated heterocycles. The van der Waals surface area contributed by atoms with Gasteiger partial charge in [-0.2, -0.15) is 0 Å². The first-order valence-corrected chi connectivity index (χ1v) is 7.45. The van der Waals surface area contributed by atoms with E-state index in [1.165, 1.54) is 17.7 Å². The van der Waals surface area contributed by atoms with Gasteiger partial charge in [-0.05, 0) is 20.3 Å². The van der Waals surface area contributed by atoms with E-state index in [0.717, 1.165) is 31.3 Å². The molecule has 0 fully saturated rings. The molecule has 0 aromatic carbocycles. The molecule has 0 aliphatic heterocycles. The van der Waals surface area contributed by atoms with Crippen LogP contribution in [0.5, 0.6) is 0 Å². The van der Waals surface area contributed by atoms with Gasteiger partial charge >= 0.3 is 0 Å². The van der Waals surface area contributed by atoms with Crippen molar-refractivity contribution in [3.05, 3.63) is 16.1 Å². The first-order valence-electron chi connectivity index (χ1n) is 6.57. The number of aromatic nitrogens is 1. The average molecular weight is 268 g/mol. The van der Waals surface area contributed by atoms with E-state index in [1.807, 2.05) is 12.4 Å². The maximum absolute atomic E-state index is 4.67. The lowest BCUT2D eigenvalue weighted by Gasteiger charge is -2.21. The van der Waals surface area contributed by atoms with Crippen molar-refractivity contribution < 1.29 is 0 Å². The van der Waals surface area contributed by atoms with Crippen molar-refractivity contribution in [3.8, 4) is 0 Å². The monoisotopic (exact) mass is 268 g/mol. The molecule has 0 saturated carbocycles. The predicted octanol–water partition coefficient (Wildman–Crippen LogP) is 2.65. The molecule has 1 aromatic rings. The van der Waals surface area contributed by atoms with Gasteiger partial charge in [-0.15, -0.1) is 11.3 Å². The Labute approximate surface area is 114 Å². The van der Waals surface area contributed by atoms with Gasteiger partial charge in [-0.1, -0.05) is 13.3 Å². The normalized spacial score (nSPS) is 11.7. The molecule has 0 spiro atoms. The van der Waals surface area contributed by atoms with Gasteiger partial charge in [0.2, 0.25) is 0 Å². The third kappa shape index (κ3) is 4.64. The molecular weight excluding hydrogens is 244 g/mol. The van der Waals surface area contributed by atoms with E-state index in [-0.39, 0.29) is 0 Å². The zero-order valence-corrected chi connectivity index (χ0v) is 12.7.